The van der Waals surface area contributed by atoms with Gasteiger partial charge < -0.3 is 4.90 Å². The summed E-state index contributed by atoms with van der Waals surface area (Å²) in [5, 5.41) is 0.964. The molecule has 0 aromatic heterocycles. The van der Waals surface area contributed by atoms with Crippen molar-refractivity contribution < 1.29 is 4.79 Å². The van der Waals surface area contributed by atoms with Crippen LogP contribution >= 0.6 is 27.7 Å². The van der Waals surface area contributed by atoms with Crippen molar-refractivity contribution in [3.8, 4) is 0 Å². The number of nitrogens with zero attached hydrogens (tertiary/aromatic N) is 1. The van der Waals surface area contributed by atoms with Crippen LogP contribution < -0.4 is 0 Å². The third-order valence-electron chi connectivity index (χ3n) is 4.30. The molecule has 0 N–H and O–H groups in total. The first-order valence-electron chi connectivity index (χ1n) is 7.40. The molecular formula is C16H20BrNOS. The number of rotatable bonds is 4. The van der Waals surface area contributed by atoms with E-state index >= 15 is 0 Å². The molecule has 1 heterocycles. The Balaban J connectivity index is 1.71. The first-order chi connectivity index (χ1) is 9.79. The van der Waals surface area contributed by atoms with E-state index in [9.17, 15) is 4.79 Å². The minimum Gasteiger partial charge on any atom is -0.338 e. The highest BCUT2D eigenvalue weighted by Gasteiger charge is 2.34. The molecule has 108 valence electrons. The Hall–Kier alpha value is -0.480. The Labute approximate surface area is 133 Å². The van der Waals surface area contributed by atoms with Gasteiger partial charge in [-0.05, 0) is 30.9 Å². The van der Waals surface area contributed by atoms with Crippen LogP contribution in [0.25, 0.3) is 0 Å². The quantitative estimate of drug-likeness (QED) is 0.765. The summed E-state index contributed by atoms with van der Waals surface area (Å²) in [5.74, 6) is 0.345. The normalized spacial score (nSPS) is 21.9. The van der Waals surface area contributed by atoms with E-state index in [1.807, 2.05) is 0 Å². The van der Waals surface area contributed by atoms with Crippen molar-refractivity contribution in [1.29, 1.82) is 0 Å². The van der Waals surface area contributed by atoms with Crippen molar-refractivity contribution in [2.45, 2.75) is 48.3 Å². The zero-order valence-corrected chi connectivity index (χ0v) is 14.0. The topological polar surface area (TPSA) is 20.3 Å². The van der Waals surface area contributed by atoms with Gasteiger partial charge in [-0.3, -0.25) is 4.79 Å². The minimum atomic E-state index is 0.0899. The van der Waals surface area contributed by atoms with E-state index in [2.05, 4.69) is 45.1 Å². The second-order valence-electron chi connectivity index (χ2n) is 5.58. The zero-order valence-electron chi connectivity index (χ0n) is 11.6. The molecule has 1 saturated carbocycles. The summed E-state index contributed by atoms with van der Waals surface area (Å²) < 4.78 is 0. The Bertz CT molecular complexity index is 462. The predicted octanol–water partition coefficient (Wildman–Crippen LogP) is 3.87. The maximum atomic E-state index is 12.9. The average molecular weight is 354 g/mol. The smallest absolute Gasteiger partial charge is 0.236 e. The zero-order chi connectivity index (χ0) is 13.9. The molecule has 4 heteroatoms. The summed E-state index contributed by atoms with van der Waals surface area (Å²) in [6, 6.07) is 8.90. The van der Waals surface area contributed by atoms with E-state index < -0.39 is 0 Å². The molecule has 1 amide bonds. The molecule has 0 spiro atoms. The first-order valence-corrected chi connectivity index (χ1v) is 9.40. The van der Waals surface area contributed by atoms with Crippen LogP contribution in [0.15, 0.2) is 29.2 Å². The molecule has 3 rings (SSSR count). The third-order valence-corrected chi connectivity index (χ3v) is 5.96. The lowest BCUT2D eigenvalue weighted by atomic mass is 10.1. The summed E-state index contributed by atoms with van der Waals surface area (Å²) in [4.78, 5) is 16.3. The van der Waals surface area contributed by atoms with E-state index in [0.717, 1.165) is 18.3 Å². The third kappa shape index (κ3) is 2.91. The molecule has 0 saturated heterocycles. The molecule has 20 heavy (non-hydrogen) atoms. The van der Waals surface area contributed by atoms with Gasteiger partial charge in [-0.2, -0.15) is 0 Å². The Morgan fingerprint density at radius 3 is 2.75 bits per heavy atom. The fourth-order valence-electron chi connectivity index (χ4n) is 3.28. The second-order valence-corrected chi connectivity index (χ2v) is 7.61. The van der Waals surface area contributed by atoms with Crippen molar-refractivity contribution in [2.75, 3.05) is 11.9 Å². The van der Waals surface area contributed by atoms with Crippen LogP contribution in [-0.2, 0) is 11.2 Å². The van der Waals surface area contributed by atoms with E-state index in [1.54, 1.807) is 11.8 Å². The van der Waals surface area contributed by atoms with Crippen molar-refractivity contribution in [3.05, 3.63) is 29.8 Å². The van der Waals surface area contributed by atoms with Gasteiger partial charge in [0.25, 0.3) is 0 Å². The number of alkyl halides is 1. The summed E-state index contributed by atoms with van der Waals surface area (Å²) in [6.07, 6.45) is 5.81. The summed E-state index contributed by atoms with van der Waals surface area (Å²) in [6.45, 7) is 0.844. The minimum absolute atomic E-state index is 0.0899. The highest BCUT2D eigenvalue weighted by molar-refractivity contribution is 9.09. The SMILES string of the molecule is O=C(C1Cc2ccccc2S1)N(CCBr)C1CCCC1. The van der Waals surface area contributed by atoms with Crippen molar-refractivity contribution in [3.63, 3.8) is 0 Å². The molecule has 2 aliphatic rings. The van der Waals surface area contributed by atoms with E-state index in [-0.39, 0.29) is 5.25 Å². The Morgan fingerprint density at radius 1 is 1.30 bits per heavy atom. The van der Waals surface area contributed by atoms with Gasteiger partial charge in [0.15, 0.2) is 0 Å². The van der Waals surface area contributed by atoms with Gasteiger partial charge >= 0.3 is 0 Å². The highest BCUT2D eigenvalue weighted by Crippen LogP contribution is 2.38. The number of thioether (sulfide) groups is 1. The highest BCUT2D eigenvalue weighted by atomic mass is 79.9. The van der Waals surface area contributed by atoms with Gasteiger partial charge in [0.1, 0.15) is 0 Å². The van der Waals surface area contributed by atoms with Crippen LogP contribution in [0.3, 0.4) is 0 Å². The molecule has 1 aliphatic heterocycles. The molecule has 1 unspecified atom stereocenters. The van der Waals surface area contributed by atoms with Crippen LogP contribution in [0.4, 0.5) is 0 Å². The van der Waals surface area contributed by atoms with Gasteiger partial charge in [0.2, 0.25) is 5.91 Å². The number of hydrogen-bond acceptors (Lipinski definition) is 2. The molecule has 1 aromatic carbocycles. The Morgan fingerprint density at radius 2 is 2.05 bits per heavy atom. The Kier molecular flexibility index (Phi) is 4.72. The van der Waals surface area contributed by atoms with Crippen LogP contribution in [0.5, 0.6) is 0 Å². The average Bonchev–Trinajstić information content (AvgIpc) is 3.12. The van der Waals surface area contributed by atoms with Gasteiger partial charge in [0.05, 0.1) is 5.25 Å². The number of halogens is 1. The summed E-state index contributed by atoms with van der Waals surface area (Å²) >= 11 is 5.25. The lowest BCUT2D eigenvalue weighted by Gasteiger charge is -2.30. The van der Waals surface area contributed by atoms with E-state index in [1.165, 1.54) is 36.1 Å². The maximum absolute atomic E-state index is 12.9. The summed E-state index contributed by atoms with van der Waals surface area (Å²) in [5.41, 5.74) is 1.33. The molecular weight excluding hydrogens is 334 g/mol. The molecule has 1 atom stereocenters. The molecule has 1 fully saturated rings. The lowest BCUT2D eigenvalue weighted by Crippen LogP contribution is -2.44. The van der Waals surface area contributed by atoms with Gasteiger partial charge in [-0.1, -0.05) is 47.0 Å². The number of fused-ring (bicyclic) bond motifs is 1. The fourth-order valence-corrected chi connectivity index (χ4v) is 4.93. The van der Waals surface area contributed by atoms with Gasteiger partial charge in [-0.25, -0.2) is 0 Å². The molecule has 1 aromatic rings. The van der Waals surface area contributed by atoms with E-state index in [0.29, 0.717) is 11.9 Å². The van der Waals surface area contributed by atoms with Crippen LogP contribution in [0, 0.1) is 0 Å². The van der Waals surface area contributed by atoms with E-state index in [4.69, 9.17) is 0 Å². The second kappa shape index (κ2) is 6.52. The maximum Gasteiger partial charge on any atom is 0.236 e. The number of amides is 1. The lowest BCUT2D eigenvalue weighted by molar-refractivity contribution is -0.132. The standard InChI is InChI=1S/C16H20BrNOS/c17-9-10-18(13-6-2-3-7-13)16(19)15-11-12-5-1-4-8-14(12)20-15/h1,4-5,8,13,15H,2-3,6-7,9-11H2. The molecule has 0 bridgehead atoms. The molecule has 0 radical (unpaired) electrons. The number of carbonyl (C=O) groups excluding carboxylic acids is 1. The number of benzene rings is 1. The number of hydrogen-bond donors (Lipinski definition) is 0. The number of carbonyl (C=O) groups is 1. The molecule has 1 aliphatic carbocycles. The monoisotopic (exact) mass is 353 g/mol. The largest absolute Gasteiger partial charge is 0.338 e. The van der Waals surface area contributed by atoms with Crippen LogP contribution in [-0.4, -0.2) is 34.0 Å². The van der Waals surface area contributed by atoms with Crippen molar-refractivity contribution in [1.82, 2.24) is 4.90 Å². The van der Waals surface area contributed by atoms with Crippen molar-refractivity contribution >= 4 is 33.6 Å². The van der Waals surface area contributed by atoms with Crippen LogP contribution in [0.2, 0.25) is 0 Å². The van der Waals surface area contributed by atoms with Crippen molar-refractivity contribution in [2.24, 2.45) is 0 Å². The first kappa shape index (κ1) is 14.5. The summed E-state index contributed by atoms with van der Waals surface area (Å²) in [7, 11) is 0. The molecule has 2 nitrogen and oxygen atoms in total. The van der Waals surface area contributed by atoms with Crippen LogP contribution in [0.1, 0.15) is 31.2 Å². The fraction of sp³-hybridized carbons (Fsp3) is 0.562. The van der Waals surface area contributed by atoms with Gasteiger partial charge in [-0.15, -0.1) is 11.8 Å². The predicted molar refractivity (Wildman–Crippen MR) is 87.6 cm³/mol. The van der Waals surface area contributed by atoms with Gasteiger partial charge in [0, 0.05) is 22.8 Å².